The molecule has 0 radical (unpaired) electrons. The smallest absolute Gasteiger partial charge is 0.343 e. The fourth-order valence-electron chi connectivity index (χ4n) is 4.49. The van der Waals surface area contributed by atoms with Crippen LogP contribution >= 0.6 is 0 Å². The topological polar surface area (TPSA) is 128 Å². The molecule has 1 atom stereocenters. The molecule has 0 aliphatic carbocycles. The van der Waals surface area contributed by atoms with Crippen LogP contribution in [-0.4, -0.2) is 31.7 Å². The molecule has 2 aromatic heterocycles. The first-order chi connectivity index (χ1) is 15.2. The number of esters is 2. The van der Waals surface area contributed by atoms with Crippen LogP contribution in [0.5, 0.6) is 5.75 Å². The Labute approximate surface area is 181 Å². The fraction of sp³-hybridized carbons (Fsp3) is 0.304. The fourth-order valence-corrected chi connectivity index (χ4v) is 4.49. The van der Waals surface area contributed by atoms with E-state index in [-0.39, 0.29) is 48.6 Å². The number of carbonyl (C=O) groups is 2. The zero-order valence-electron chi connectivity index (χ0n) is 17.5. The summed E-state index contributed by atoms with van der Waals surface area (Å²) >= 11 is 0. The molecule has 0 amide bonds. The minimum absolute atomic E-state index is 0.0372. The molecule has 5 rings (SSSR count). The molecule has 0 saturated carbocycles. The highest BCUT2D eigenvalue weighted by atomic mass is 16.6. The highest BCUT2D eigenvalue weighted by Crippen LogP contribution is 2.40. The van der Waals surface area contributed by atoms with E-state index in [1.807, 2.05) is 0 Å². The first-order valence-corrected chi connectivity index (χ1v) is 10.2. The lowest BCUT2D eigenvalue weighted by Gasteiger charge is -2.31. The van der Waals surface area contributed by atoms with Gasteiger partial charge in [-0.3, -0.25) is 9.59 Å². The Morgan fingerprint density at radius 1 is 1.28 bits per heavy atom. The van der Waals surface area contributed by atoms with E-state index >= 15 is 0 Å². The van der Waals surface area contributed by atoms with Crippen LogP contribution in [0.4, 0.5) is 0 Å². The van der Waals surface area contributed by atoms with Gasteiger partial charge in [0.1, 0.15) is 19.0 Å². The van der Waals surface area contributed by atoms with Gasteiger partial charge in [0.25, 0.3) is 5.56 Å². The maximum atomic E-state index is 13.3. The number of phenolic OH excluding ortho intramolecular Hbond substituents is 1. The first kappa shape index (κ1) is 20.2. The second kappa shape index (κ2) is 6.89. The molecule has 9 heteroatoms. The van der Waals surface area contributed by atoms with Crippen LogP contribution in [0.2, 0.25) is 0 Å². The Balaban J connectivity index is 1.79. The second-order valence-electron chi connectivity index (χ2n) is 8.00. The van der Waals surface area contributed by atoms with Crippen molar-refractivity contribution in [2.45, 2.75) is 45.6 Å². The van der Waals surface area contributed by atoms with E-state index < -0.39 is 17.5 Å². The number of phenols is 1. The molecular formula is C23H20N2O7. The monoisotopic (exact) mass is 436 g/mol. The molecule has 2 aliphatic heterocycles. The second-order valence-corrected chi connectivity index (χ2v) is 8.00. The lowest BCUT2D eigenvalue weighted by Crippen LogP contribution is -2.44. The molecule has 2 N–H and O–H groups in total. The highest BCUT2D eigenvalue weighted by Gasteiger charge is 2.45. The number of nitrogens with zero attached hydrogens (tertiary/aromatic N) is 2. The molecule has 3 aromatic rings. The molecule has 1 unspecified atom stereocenters. The summed E-state index contributed by atoms with van der Waals surface area (Å²) in [5.74, 6) is -1.21. The van der Waals surface area contributed by atoms with Gasteiger partial charge < -0.3 is 24.3 Å². The van der Waals surface area contributed by atoms with Gasteiger partial charge in [-0.15, -0.1) is 0 Å². The van der Waals surface area contributed by atoms with Crippen molar-refractivity contribution in [2.75, 3.05) is 0 Å². The summed E-state index contributed by atoms with van der Waals surface area (Å²) in [5.41, 5.74) is 1.00. The zero-order valence-corrected chi connectivity index (χ0v) is 17.5. The number of hydrogen-bond donors (Lipinski definition) is 2. The molecule has 1 aromatic carbocycles. The van der Waals surface area contributed by atoms with Crippen molar-refractivity contribution in [3.8, 4) is 17.1 Å². The average Bonchev–Trinajstić information content (AvgIpc) is 3.13. The number of hydrogen-bond acceptors (Lipinski definition) is 8. The molecule has 0 fully saturated rings. The summed E-state index contributed by atoms with van der Waals surface area (Å²) in [6, 6.07) is 6.31. The lowest BCUT2D eigenvalue weighted by atomic mass is 9.86. The van der Waals surface area contributed by atoms with Gasteiger partial charge in [0.05, 0.1) is 29.0 Å². The molecule has 0 spiro atoms. The van der Waals surface area contributed by atoms with Crippen molar-refractivity contribution in [3.63, 3.8) is 0 Å². The number of benzene rings is 1. The highest BCUT2D eigenvalue weighted by molar-refractivity contribution is 5.90. The Hall–Kier alpha value is -3.72. The predicted octanol–water partition coefficient (Wildman–Crippen LogP) is 1.85. The summed E-state index contributed by atoms with van der Waals surface area (Å²) in [5, 5.41) is 21.6. The van der Waals surface area contributed by atoms with E-state index in [1.54, 1.807) is 25.1 Å². The maximum Gasteiger partial charge on any atom is 0.343 e. The number of ether oxygens (including phenoxy) is 2. The zero-order chi connectivity index (χ0) is 22.8. The summed E-state index contributed by atoms with van der Waals surface area (Å²) in [7, 11) is 0. The third kappa shape index (κ3) is 2.74. The number of aromatic nitrogens is 2. The number of rotatable bonds is 3. The van der Waals surface area contributed by atoms with Crippen LogP contribution < -0.4 is 5.56 Å². The Bertz CT molecular complexity index is 1390. The van der Waals surface area contributed by atoms with E-state index in [0.29, 0.717) is 33.4 Å². The number of aromatic hydroxyl groups is 1. The number of fused-ring (bicyclic) bond motifs is 5. The van der Waals surface area contributed by atoms with Gasteiger partial charge in [-0.05, 0) is 30.7 Å². The SMILES string of the molecule is CCC1(O)C(=O)OCc2c1cc1n(c2=O)Cc2c-1nc1ccc(O)cc1c2COC(C)=O. The molecule has 0 saturated heterocycles. The molecule has 4 heterocycles. The van der Waals surface area contributed by atoms with E-state index in [9.17, 15) is 24.6 Å². The number of carbonyl (C=O) groups excluding carboxylic acids is 2. The van der Waals surface area contributed by atoms with Gasteiger partial charge in [0.15, 0.2) is 5.60 Å². The molecule has 9 nitrogen and oxygen atoms in total. The minimum Gasteiger partial charge on any atom is -0.508 e. The quantitative estimate of drug-likeness (QED) is 0.466. The predicted molar refractivity (Wildman–Crippen MR) is 112 cm³/mol. The van der Waals surface area contributed by atoms with Gasteiger partial charge in [0, 0.05) is 29.0 Å². The largest absolute Gasteiger partial charge is 0.508 e. The summed E-state index contributed by atoms with van der Waals surface area (Å²) < 4.78 is 11.9. The van der Waals surface area contributed by atoms with Crippen LogP contribution in [0.25, 0.3) is 22.3 Å². The Morgan fingerprint density at radius 3 is 2.78 bits per heavy atom. The van der Waals surface area contributed by atoms with Crippen LogP contribution in [0.1, 0.15) is 42.5 Å². The number of pyridine rings is 2. The summed E-state index contributed by atoms with van der Waals surface area (Å²) in [6.45, 7) is 2.85. The van der Waals surface area contributed by atoms with Crippen LogP contribution in [-0.2, 0) is 44.4 Å². The van der Waals surface area contributed by atoms with Gasteiger partial charge in [-0.1, -0.05) is 6.92 Å². The minimum atomic E-state index is -1.91. The van der Waals surface area contributed by atoms with Gasteiger partial charge in [-0.25, -0.2) is 9.78 Å². The van der Waals surface area contributed by atoms with Gasteiger partial charge in [-0.2, -0.15) is 0 Å². The summed E-state index contributed by atoms with van der Waals surface area (Å²) in [4.78, 5) is 41.8. The third-order valence-electron chi connectivity index (χ3n) is 6.21. The van der Waals surface area contributed by atoms with E-state index in [2.05, 4.69) is 0 Å². The third-order valence-corrected chi connectivity index (χ3v) is 6.21. The van der Waals surface area contributed by atoms with Gasteiger partial charge in [0.2, 0.25) is 0 Å². The standard InChI is InChI=1S/C23H20N2O7/c1-3-23(30)17-7-19-20-14(8-25(19)21(28)16(17)10-32-22(23)29)15(9-31-11(2)26)13-6-12(27)4-5-18(13)24-20/h4-7,27,30H,3,8-10H2,1-2H3. The van der Waals surface area contributed by atoms with Crippen molar-refractivity contribution in [3.05, 3.63) is 56.9 Å². The molecule has 2 aliphatic rings. The van der Waals surface area contributed by atoms with Crippen LogP contribution in [0, 0.1) is 0 Å². The number of cyclic esters (lactones) is 1. The summed E-state index contributed by atoms with van der Waals surface area (Å²) in [6.07, 6.45) is 0.0523. The van der Waals surface area contributed by atoms with Crippen LogP contribution in [0.15, 0.2) is 29.1 Å². The Kier molecular flexibility index (Phi) is 4.35. The van der Waals surface area contributed by atoms with Crippen LogP contribution in [0.3, 0.4) is 0 Å². The van der Waals surface area contributed by atoms with Crippen molar-refractivity contribution >= 4 is 22.8 Å². The molecule has 32 heavy (non-hydrogen) atoms. The molecule has 164 valence electrons. The average molecular weight is 436 g/mol. The van der Waals surface area contributed by atoms with E-state index in [1.165, 1.54) is 17.6 Å². The van der Waals surface area contributed by atoms with Crippen molar-refractivity contribution in [1.82, 2.24) is 9.55 Å². The first-order valence-electron chi connectivity index (χ1n) is 10.2. The van der Waals surface area contributed by atoms with Crippen molar-refractivity contribution < 1.29 is 29.3 Å². The van der Waals surface area contributed by atoms with E-state index in [0.717, 1.165) is 0 Å². The molecular weight excluding hydrogens is 416 g/mol. The van der Waals surface area contributed by atoms with Crippen molar-refractivity contribution in [1.29, 1.82) is 0 Å². The number of aliphatic hydroxyl groups is 1. The van der Waals surface area contributed by atoms with Crippen molar-refractivity contribution in [2.24, 2.45) is 0 Å². The lowest BCUT2D eigenvalue weighted by molar-refractivity contribution is -0.172. The Morgan fingerprint density at radius 2 is 2.06 bits per heavy atom. The normalized spacial score (nSPS) is 18.7. The van der Waals surface area contributed by atoms with Gasteiger partial charge >= 0.3 is 11.9 Å². The maximum absolute atomic E-state index is 13.3. The molecule has 0 bridgehead atoms. The van der Waals surface area contributed by atoms with E-state index in [4.69, 9.17) is 14.5 Å².